The molecule has 12 rings (SSSR count). The molecule has 0 radical (unpaired) electrons. The van der Waals surface area contributed by atoms with E-state index in [1.807, 2.05) is 6.20 Å². The number of benzene rings is 10. The zero-order valence-corrected chi connectivity index (χ0v) is 32.2. The maximum atomic E-state index is 4.98. The molecule has 0 aliphatic carbocycles. The molecule has 0 spiro atoms. The molecule has 274 valence electrons. The van der Waals surface area contributed by atoms with Crippen LogP contribution < -0.4 is 0 Å². The van der Waals surface area contributed by atoms with E-state index >= 15 is 0 Å². The maximum Gasteiger partial charge on any atom is 0.0963 e. The van der Waals surface area contributed by atoms with E-state index in [4.69, 9.17) is 4.98 Å². The van der Waals surface area contributed by atoms with Crippen LogP contribution in [0.5, 0.6) is 0 Å². The number of nitrogens with zero attached hydrogens (tertiary/aromatic N) is 2. The summed E-state index contributed by atoms with van der Waals surface area (Å²) >= 11 is 0. The molecule has 0 aliphatic rings. The first-order valence-electron chi connectivity index (χ1n) is 20.3. The number of rotatable bonds is 5. The Labute approximate surface area is 341 Å². The van der Waals surface area contributed by atoms with Crippen LogP contribution in [-0.2, 0) is 0 Å². The molecule has 10 aromatic carbocycles. The van der Waals surface area contributed by atoms with Crippen molar-refractivity contribution in [1.82, 2.24) is 9.55 Å². The van der Waals surface area contributed by atoms with Crippen LogP contribution >= 0.6 is 0 Å². The summed E-state index contributed by atoms with van der Waals surface area (Å²) in [5.74, 6) is 0. The Morgan fingerprint density at radius 2 is 0.678 bits per heavy atom. The van der Waals surface area contributed by atoms with Crippen LogP contribution in [0.2, 0.25) is 0 Å². The monoisotopic (exact) mass is 748 g/mol. The summed E-state index contributed by atoms with van der Waals surface area (Å²) < 4.78 is 2.41. The van der Waals surface area contributed by atoms with Crippen molar-refractivity contribution in [2.75, 3.05) is 0 Å². The first-order chi connectivity index (χ1) is 29.3. The van der Waals surface area contributed by atoms with Gasteiger partial charge >= 0.3 is 0 Å². The summed E-state index contributed by atoms with van der Waals surface area (Å²) in [5.41, 5.74) is 14.1. The van der Waals surface area contributed by atoms with Gasteiger partial charge in [0.25, 0.3) is 0 Å². The van der Waals surface area contributed by atoms with E-state index < -0.39 is 0 Å². The van der Waals surface area contributed by atoms with Crippen LogP contribution in [0.25, 0.3) is 115 Å². The lowest BCUT2D eigenvalue weighted by atomic mass is 9.86. The van der Waals surface area contributed by atoms with E-state index in [-0.39, 0.29) is 0 Å². The second kappa shape index (κ2) is 13.4. The molecule has 12 aromatic rings. The van der Waals surface area contributed by atoms with E-state index in [2.05, 4.69) is 217 Å². The molecule has 0 aliphatic heterocycles. The molecule has 59 heavy (non-hydrogen) atoms. The second-order valence-electron chi connectivity index (χ2n) is 15.4. The highest BCUT2D eigenvalue weighted by Gasteiger charge is 2.21. The molecule has 2 heteroatoms. The van der Waals surface area contributed by atoms with E-state index in [1.54, 1.807) is 0 Å². The van der Waals surface area contributed by atoms with Crippen molar-refractivity contribution in [3.05, 3.63) is 219 Å². The van der Waals surface area contributed by atoms with Crippen molar-refractivity contribution in [2.45, 2.75) is 0 Å². The average Bonchev–Trinajstić information content (AvgIpc) is 3.64. The summed E-state index contributed by atoms with van der Waals surface area (Å²) in [6.07, 6.45) is 1.91. The number of aromatic nitrogens is 2. The third kappa shape index (κ3) is 5.17. The predicted molar refractivity (Wildman–Crippen MR) is 250 cm³/mol. The highest BCUT2D eigenvalue weighted by molar-refractivity contribution is 6.23. The third-order valence-electron chi connectivity index (χ3n) is 12.2. The van der Waals surface area contributed by atoms with Crippen molar-refractivity contribution in [3.63, 3.8) is 0 Å². The zero-order valence-electron chi connectivity index (χ0n) is 32.2. The number of pyridine rings is 1. The molecule has 0 amide bonds. The normalized spacial score (nSPS) is 11.7. The Balaban J connectivity index is 1.12. The van der Waals surface area contributed by atoms with Crippen molar-refractivity contribution in [1.29, 1.82) is 0 Å². The van der Waals surface area contributed by atoms with Gasteiger partial charge in [-0.2, -0.15) is 0 Å². The largest absolute Gasteiger partial charge is 0.308 e. The van der Waals surface area contributed by atoms with Gasteiger partial charge < -0.3 is 4.57 Å². The summed E-state index contributed by atoms with van der Waals surface area (Å²) in [4.78, 5) is 4.98. The minimum absolute atomic E-state index is 0.997. The van der Waals surface area contributed by atoms with Crippen LogP contribution in [0.1, 0.15) is 0 Å². The zero-order chi connectivity index (χ0) is 38.9. The Kier molecular flexibility index (Phi) is 7.57. The smallest absolute Gasteiger partial charge is 0.0963 e. The molecule has 0 N–H and O–H groups in total. The summed E-state index contributed by atoms with van der Waals surface area (Å²) in [5, 5.41) is 11.1. The van der Waals surface area contributed by atoms with Crippen molar-refractivity contribution in [3.8, 4) is 50.2 Å². The van der Waals surface area contributed by atoms with Gasteiger partial charge in [0.2, 0.25) is 0 Å². The summed E-state index contributed by atoms with van der Waals surface area (Å²) in [6, 6.07) is 77.4. The number of hydrogen-bond donors (Lipinski definition) is 0. The Morgan fingerprint density at radius 3 is 1.15 bits per heavy atom. The van der Waals surface area contributed by atoms with Crippen molar-refractivity contribution < 1.29 is 0 Å². The van der Waals surface area contributed by atoms with Crippen LogP contribution in [0.4, 0.5) is 0 Å². The molecule has 2 nitrogen and oxygen atoms in total. The van der Waals surface area contributed by atoms with Crippen molar-refractivity contribution >= 4 is 65.0 Å². The van der Waals surface area contributed by atoms with Crippen LogP contribution in [0, 0.1) is 0 Å². The lowest BCUT2D eigenvalue weighted by Crippen LogP contribution is -1.96. The highest BCUT2D eigenvalue weighted by Crippen LogP contribution is 2.46. The van der Waals surface area contributed by atoms with Crippen molar-refractivity contribution in [2.24, 2.45) is 0 Å². The molecule has 0 saturated heterocycles. The Morgan fingerprint density at radius 1 is 0.271 bits per heavy atom. The standard InChI is InChI=1S/C57H36N2/c1-3-17-37(18-4-1)53-42-23-7-11-27-46(42)55(47-28-12-8-24-43(47)53)39-21-15-22-41(35-39)59-51-31-16-34-58-57(51)50-33-32-40(36-52(50)59)56-48-29-13-9-25-44(48)54(38-19-5-2-6-20-38)45-26-10-14-30-49(45)56/h1-36H. The van der Waals surface area contributed by atoms with E-state index in [0.717, 1.165) is 27.6 Å². The molecule has 2 heterocycles. The quantitative estimate of drug-likeness (QED) is 0.160. The average molecular weight is 749 g/mol. The SMILES string of the molecule is c1ccc(-c2c3ccccc3c(-c3cccc(-n4c5cc(-c6c7ccccc7c(-c7ccccc7)c7ccccc67)ccc5c5ncccc54)c3)c3ccccc23)cc1. The maximum absolute atomic E-state index is 4.98. The van der Waals surface area contributed by atoms with Gasteiger partial charge in [0.05, 0.1) is 16.6 Å². The van der Waals surface area contributed by atoms with Gasteiger partial charge in [-0.05, 0) is 124 Å². The van der Waals surface area contributed by atoms with Gasteiger partial charge in [0.15, 0.2) is 0 Å². The first kappa shape index (κ1) is 33.3. The highest BCUT2D eigenvalue weighted by atomic mass is 15.0. The molecule has 0 saturated carbocycles. The minimum atomic E-state index is 0.997. The van der Waals surface area contributed by atoms with E-state index in [9.17, 15) is 0 Å². The molecule has 0 bridgehead atoms. The number of fused-ring (bicyclic) bond motifs is 7. The Bertz CT molecular complexity index is 3480. The summed E-state index contributed by atoms with van der Waals surface area (Å²) in [6.45, 7) is 0. The van der Waals surface area contributed by atoms with Gasteiger partial charge in [-0.25, -0.2) is 0 Å². The van der Waals surface area contributed by atoms with E-state index in [0.29, 0.717) is 0 Å². The second-order valence-corrected chi connectivity index (χ2v) is 15.4. The molecular formula is C57H36N2. The molecule has 2 aromatic heterocycles. The Hall–Kier alpha value is -7.81. The van der Waals surface area contributed by atoms with E-state index in [1.165, 1.54) is 87.6 Å². The molecular weight excluding hydrogens is 713 g/mol. The lowest BCUT2D eigenvalue weighted by molar-refractivity contribution is 1.18. The molecule has 0 unspecified atom stereocenters. The fraction of sp³-hybridized carbons (Fsp3) is 0. The van der Waals surface area contributed by atoms with Crippen LogP contribution in [0.3, 0.4) is 0 Å². The lowest BCUT2D eigenvalue weighted by Gasteiger charge is -2.19. The fourth-order valence-corrected chi connectivity index (χ4v) is 9.78. The first-order valence-corrected chi connectivity index (χ1v) is 20.3. The fourth-order valence-electron chi connectivity index (χ4n) is 9.78. The van der Waals surface area contributed by atoms with Gasteiger partial charge in [0, 0.05) is 17.3 Å². The van der Waals surface area contributed by atoms with Crippen LogP contribution in [0.15, 0.2) is 219 Å². The topological polar surface area (TPSA) is 17.8 Å². The van der Waals surface area contributed by atoms with Gasteiger partial charge in [-0.3, -0.25) is 4.98 Å². The molecule has 0 atom stereocenters. The predicted octanol–water partition coefficient (Wildman–Crippen LogP) is 15.5. The minimum Gasteiger partial charge on any atom is -0.308 e. The summed E-state index contributed by atoms with van der Waals surface area (Å²) in [7, 11) is 0. The van der Waals surface area contributed by atoms with Crippen LogP contribution in [-0.4, -0.2) is 9.55 Å². The van der Waals surface area contributed by atoms with Gasteiger partial charge in [0.1, 0.15) is 0 Å². The molecule has 0 fully saturated rings. The number of hydrogen-bond acceptors (Lipinski definition) is 1. The van der Waals surface area contributed by atoms with Gasteiger partial charge in [-0.1, -0.05) is 176 Å². The third-order valence-corrected chi connectivity index (χ3v) is 12.2. The van der Waals surface area contributed by atoms with Gasteiger partial charge in [-0.15, -0.1) is 0 Å².